The van der Waals surface area contributed by atoms with Crippen molar-refractivity contribution in [2.75, 3.05) is 13.1 Å². The van der Waals surface area contributed by atoms with Gasteiger partial charge in [0.05, 0.1) is 6.04 Å². The second kappa shape index (κ2) is 7.94. The number of nitrogens with zero attached hydrogens (tertiary/aromatic N) is 2. The Bertz CT molecular complexity index is 1020. The molecule has 2 aliphatic rings. The van der Waals surface area contributed by atoms with E-state index in [0.717, 1.165) is 55.4 Å². The number of ether oxygens (including phenoxy) is 1. The summed E-state index contributed by atoms with van der Waals surface area (Å²) in [5.74, 6) is 0.790. The Morgan fingerprint density at radius 3 is 2.83 bits per heavy atom. The SMILES string of the molecule is N[C@H]1CCCN([C@H]2CCc3ccccc3[C@@H]2Oc2cccc3ccc(Cl)nc23)C1. The van der Waals surface area contributed by atoms with Gasteiger partial charge in [-0.3, -0.25) is 4.90 Å². The van der Waals surface area contributed by atoms with E-state index in [0.29, 0.717) is 11.2 Å². The van der Waals surface area contributed by atoms with E-state index in [9.17, 15) is 0 Å². The van der Waals surface area contributed by atoms with Gasteiger partial charge in [-0.25, -0.2) is 4.98 Å². The summed E-state index contributed by atoms with van der Waals surface area (Å²) in [5, 5.41) is 1.52. The van der Waals surface area contributed by atoms with Gasteiger partial charge in [0.2, 0.25) is 0 Å². The van der Waals surface area contributed by atoms with E-state index in [4.69, 9.17) is 22.1 Å². The minimum absolute atomic E-state index is 0.0448. The van der Waals surface area contributed by atoms with E-state index in [2.05, 4.69) is 34.1 Å². The smallest absolute Gasteiger partial charge is 0.146 e. The van der Waals surface area contributed by atoms with Gasteiger partial charge in [-0.2, -0.15) is 0 Å². The van der Waals surface area contributed by atoms with Crippen molar-refractivity contribution in [3.05, 3.63) is 70.9 Å². The normalized spacial score (nSPS) is 25.0. The third kappa shape index (κ3) is 3.73. The molecule has 0 radical (unpaired) electrons. The molecule has 0 unspecified atom stereocenters. The summed E-state index contributed by atoms with van der Waals surface area (Å²) in [6.07, 6.45) is 4.37. The van der Waals surface area contributed by atoms with Crippen LogP contribution in [0.5, 0.6) is 5.75 Å². The van der Waals surface area contributed by atoms with Crippen molar-refractivity contribution in [1.82, 2.24) is 9.88 Å². The number of likely N-dealkylation sites (tertiary alicyclic amines) is 1. The average molecular weight is 408 g/mol. The molecule has 0 bridgehead atoms. The van der Waals surface area contributed by atoms with Crippen molar-refractivity contribution in [2.45, 2.75) is 43.9 Å². The number of pyridine rings is 1. The topological polar surface area (TPSA) is 51.4 Å². The van der Waals surface area contributed by atoms with Crippen LogP contribution in [0.15, 0.2) is 54.6 Å². The zero-order chi connectivity index (χ0) is 19.8. The Kier molecular flexibility index (Phi) is 5.17. The van der Waals surface area contributed by atoms with Gasteiger partial charge in [-0.1, -0.05) is 48.0 Å². The lowest BCUT2D eigenvalue weighted by Gasteiger charge is -2.43. The highest BCUT2D eigenvalue weighted by Gasteiger charge is 2.37. The lowest BCUT2D eigenvalue weighted by atomic mass is 9.84. The van der Waals surface area contributed by atoms with Gasteiger partial charge in [0, 0.05) is 18.0 Å². The van der Waals surface area contributed by atoms with Crippen molar-refractivity contribution in [2.24, 2.45) is 5.73 Å². The molecule has 0 amide bonds. The van der Waals surface area contributed by atoms with Crippen LogP contribution in [0, 0.1) is 0 Å². The summed E-state index contributed by atoms with van der Waals surface area (Å²) in [6, 6.07) is 19.1. The van der Waals surface area contributed by atoms with Crippen molar-refractivity contribution in [3.8, 4) is 5.75 Å². The van der Waals surface area contributed by atoms with Crippen molar-refractivity contribution >= 4 is 22.5 Å². The molecule has 2 aromatic carbocycles. The Hall–Kier alpha value is -2.14. The van der Waals surface area contributed by atoms with E-state index in [1.165, 1.54) is 11.1 Å². The zero-order valence-electron chi connectivity index (χ0n) is 16.4. The predicted molar refractivity (Wildman–Crippen MR) is 117 cm³/mol. The fourth-order valence-corrected chi connectivity index (χ4v) is 5.03. The van der Waals surface area contributed by atoms with E-state index in [1.807, 2.05) is 30.3 Å². The third-order valence-electron chi connectivity index (χ3n) is 6.28. The Balaban J connectivity index is 1.55. The lowest BCUT2D eigenvalue weighted by Crippen LogP contribution is -2.51. The van der Waals surface area contributed by atoms with Crippen LogP contribution < -0.4 is 10.5 Å². The lowest BCUT2D eigenvalue weighted by molar-refractivity contribution is 0.0374. The summed E-state index contributed by atoms with van der Waals surface area (Å²) in [5.41, 5.74) is 9.78. The Morgan fingerprint density at radius 1 is 1.03 bits per heavy atom. The molecule has 150 valence electrons. The molecule has 1 aromatic heterocycles. The molecule has 29 heavy (non-hydrogen) atoms. The molecule has 0 spiro atoms. The number of rotatable bonds is 3. The fourth-order valence-electron chi connectivity index (χ4n) is 4.89. The molecule has 1 aliphatic heterocycles. The van der Waals surface area contributed by atoms with E-state index < -0.39 is 0 Å². The molecule has 4 nitrogen and oxygen atoms in total. The van der Waals surface area contributed by atoms with Gasteiger partial charge in [0.25, 0.3) is 0 Å². The summed E-state index contributed by atoms with van der Waals surface area (Å²) in [6.45, 7) is 2.02. The molecular weight excluding hydrogens is 382 g/mol. The highest BCUT2D eigenvalue weighted by Crippen LogP contribution is 2.39. The number of benzene rings is 2. The standard InChI is InChI=1S/C24H26ClN3O/c25-22-13-11-17-6-3-9-21(23(17)27-22)29-24-19-8-2-1-5-16(19)10-12-20(24)28-14-4-7-18(26)15-28/h1-3,5-6,8-9,11,13,18,20,24H,4,7,10,12,14-15,26H2/t18-,20-,24-/m0/s1. The van der Waals surface area contributed by atoms with E-state index in [1.54, 1.807) is 0 Å². The van der Waals surface area contributed by atoms with E-state index >= 15 is 0 Å². The summed E-state index contributed by atoms with van der Waals surface area (Å²) >= 11 is 6.19. The number of nitrogens with two attached hydrogens (primary N) is 1. The molecule has 1 fully saturated rings. The molecule has 2 heterocycles. The minimum atomic E-state index is -0.0448. The van der Waals surface area contributed by atoms with Gasteiger partial charge in [-0.05, 0) is 61.6 Å². The number of aromatic nitrogens is 1. The first-order valence-corrected chi connectivity index (χ1v) is 10.9. The minimum Gasteiger partial charge on any atom is -0.482 e. The second-order valence-electron chi connectivity index (χ2n) is 8.20. The zero-order valence-corrected chi connectivity index (χ0v) is 17.2. The fraction of sp³-hybridized carbons (Fsp3) is 0.375. The van der Waals surface area contributed by atoms with E-state index in [-0.39, 0.29) is 12.1 Å². The number of piperidine rings is 1. The summed E-state index contributed by atoms with van der Waals surface area (Å²) < 4.78 is 6.75. The monoisotopic (exact) mass is 407 g/mol. The molecule has 5 heteroatoms. The van der Waals surface area contributed by atoms with Crippen LogP contribution in [0.1, 0.15) is 36.5 Å². The number of fused-ring (bicyclic) bond motifs is 2. The first kappa shape index (κ1) is 18.9. The Morgan fingerprint density at radius 2 is 1.93 bits per heavy atom. The number of hydrogen-bond donors (Lipinski definition) is 1. The number of aryl methyl sites for hydroxylation is 1. The molecule has 0 saturated carbocycles. The number of para-hydroxylation sites is 1. The van der Waals surface area contributed by atoms with Crippen LogP contribution in [-0.2, 0) is 6.42 Å². The van der Waals surface area contributed by atoms with Gasteiger partial charge in [-0.15, -0.1) is 0 Å². The highest BCUT2D eigenvalue weighted by molar-refractivity contribution is 6.29. The Labute approximate surface area is 176 Å². The van der Waals surface area contributed by atoms with Crippen LogP contribution >= 0.6 is 11.6 Å². The van der Waals surface area contributed by atoms with Crippen molar-refractivity contribution < 1.29 is 4.74 Å². The third-order valence-corrected chi connectivity index (χ3v) is 6.49. The molecule has 1 saturated heterocycles. The molecule has 3 atom stereocenters. The van der Waals surface area contributed by atoms with Gasteiger partial charge >= 0.3 is 0 Å². The van der Waals surface area contributed by atoms with Gasteiger partial charge < -0.3 is 10.5 Å². The molecule has 5 rings (SSSR count). The first-order valence-electron chi connectivity index (χ1n) is 10.5. The summed E-state index contributed by atoms with van der Waals surface area (Å²) in [4.78, 5) is 7.10. The van der Waals surface area contributed by atoms with Crippen LogP contribution in [0.4, 0.5) is 0 Å². The van der Waals surface area contributed by atoms with Crippen LogP contribution in [0.25, 0.3) is 10.9 Å². The maximum absolute atomic E-state index is 6.75. The number of halogens is 1. The molecule has 3 aromatic rings. The summed E-state index contributed by atoms with van der Waals surface area (Å²) in [7, 11) is 0. The van der Waals surface area contributed by atoms with Crippen molar-refractivity contribution in [1.29, 1.82) is 0 Å². The van der Waals surface area contributed by atoms with Crippen LogP contribution in [0.2, 0.25) is 5.15 Å². The average Bonchev–Trinajstić information content (AvgIpc) is 2.74. The van der Waals surface area contributed by atoms with Gasteiger partial charge in [0.15, 0.2) is 0 Å². The maximum atomic E-state index is 6.75. The maximum Gasteiger partial charge on any atom is 0.146 e. The number of hydrogen-bond acceptors (Lipinski definition) is 4. The largest absolute Gasteiger partial charge is 0.482 e. The second-order valence-corrected chi connectivity index (χ2v) is 8.59. The molecule has 2 N–H and O–H groups in total. The van der Waals surface area contributed by atoms with Gasteiger partial charge in [0.1, 0.15) is 22.5 Å². The first-order chi connectivity index (χ1) is 14.2. The van der Waals surface area contributed by atoms with Crippen molar-refractivity contribution in [3.63, 3.8) is 0 Å². The highest BCUT2D eigenvalue weighted by atomic mass is 35.5. The predicted octanol–water partition coefficient (Wildman–Crippen LogP) is 4.75. The van der Waals surface area contributed by atoms with Crippen LogP contribution in [0.3, 0.4) is 0 Å². The quantitative estimate of drug-likeness (QED) is 0.637. The van der Waals surface area contributed by atoms with Crippen LogP contribution in [-0.4, -0.2) is 35.1 Å². The molecular formula is C24H26ClN3O. The molecule has 1 aliphatic carbocycles.